The Hall–Kier alpha value is -15.7. The number of oxime groups is 4. The number of fused-ring (bicyclic) bond motifs is 4. The Morgan fingerprint density at radius 1 is 0.336 bits per heavy atom. The Labute approximate surface area is 839 Å². The molecule has 32 nitrogen and oxygen atoms in total. The van der Waals surface area contributed by atoms with Gasteiger partial charge in [-0.2, -0.15) is 0 Å². The third-order valence-corrected chi connectivity index (χ3v) is 22.9. The lowest BCUT2D eigenvalue weighted by molar-refractivity contribution is -0.137. The number of esters is 4. The number of likely N-dealkylation sites (tertiary alicyclic amines) is 1. The minimum Gasteiger partial charge on any atom is -0.508 e. The van der Waals surface area contributed by atoms with Gasteiger partial charge in [-0.15, -0.1) is 0 Å². The molecule has 1 fully saturated rings. The van der Waals surface area contributed by atoms with E-state index in [-0.39, 0.29) is 180 Å². The second-order valence-electron chi connectivity index (χ2n) is 33.1. The van der Waals surface area contributed by atoms with Gasteiger partial charge in [0, 0.05) is 82.7 Å². The van der Waals surface area contributed by atoms with Crippen molar-refractivity contribution in [2.75, 3.05) is 65.9 Å². The topological polar surface area (TPSA) is 461 Å². The van der Waals surface area contributed by atoms with Gasteiger partial charge >= 0.3 is 23.9 Å². The van der Waals surface area contributed by atoms with Crippen LogP contribution in [0.2, 0.25) is 10.0 Å². The number of piperidine rings is 1. The van der Waals surface area contributed by atoms with Gasteiger partial charge in [0.15, 0.2) is 26.4 Å². The molecule has 5 aliphatic heterocycles. The maximum atomic E-state index is 12.8. The van der Waals surface area contributed by atoms with Crippen molar-refractivity contribution in [3.63, 3.8) is 0 Å². The number of hydrogen-bond acceptors (Lipinski definition) is 28. The number of rotatable bonds is 20. The highest BCUT2D eigenvalue weighted by Crippen LogP contribution is 2.40. The standard InChI is InChI=1S/C31H36N2O6.2C26H27ClN2O6.C26H28N2O6/c34-27-20-25-19-26(12-8-3-1-2-4-9-17-38-31(37)30(25)28(35)21-27)32-39-22-29(36)33-15-13-24(14-16-33)18-23-10-6-5-7-11-23;2*27-25-20-14-19(29-35-17-23(32)28-16-18-10-6-5-7-11-18)12-8-3-1-2-4-9-13-34-26(33)24(20)21(30)15-22(25)31;29-22-15-20-14-21(28-34-18-24(31)27-17-19-10-6-5-7-11-19)12-8-3-1-2-4-9-13-33-26(32)25(20)23(30)16-22/h2,4-8,10-12,20-21,24,34-35H,1,3,9,13-19,22H2;2*2,4-8,10-12,15,30-31H,1,3,9,13-14,16-17H2,(H,28,32);2,4-8,10-12,15-16,29-30H,1,3,9,13-14,17-18H2,(H,27,31)/b4-2+,12-8+,32-26+;4-2+,12-8+,29-19+;4-2+,12-8+,29-19-;4-2+,12-8+,28-21-. The Morgan fingerprint density at radius 2 is 0.615 bits per heavy atom. The van der Waals surface area contributed by atoms with Gasteiger partial charge in [0.2, 0.25) is 0 Å². The molecule has 5 heterocycles. The van der Waals surface area contributed by atoms with E-state index in [0.717, 1.165) is 112 Å². The van der Waals surface area contributed by atoms with Crippen molar-refractivity contribution in [3.05, 3.63) is 332 Å². The van der Waals surface area contributed by atoms with Crippen molar-refractivity contribution in [1.29, 1.82) is 0 Å². The summed E-state index contributed by atoms with van der Waals surface area (Å²) in [5.41, 5.74) is 6.31. The van der Waals surface area contributed by atoms with Crippen molar-refractivity contribution < 1.29 is 118 Å². The number of benzene rings is 8. The minimum absolute atomic E-state index is 0.0237. The van der Waals surface area contributed by atoms with Crippen molar-refractivity contribution in [2.24, 2.45) is 26.5 Å². The number of carbonyl (C=O) groups is 8. The molecule has 1 saturated heterocycles. The number of amides is 4. The van der Waals surface area contributed by atoms with Gasteiger partial charge in [0.05, 0.1) is 59.3 Å². The molecular formula is C109H118Cl2N8O24. The van der Waals surface area contributed by atoms with Gasteiger partial charge in [-0.05, 0) is 183 Å². The number of aromatic hydroxyl groups is 8. The number of ether oxygens (including phenoxy) is 4. The van der Waals surface area contributed by atoms with E-state index in [0.29, 0.717) is 98.3 Å². The summed E-state index contributed by atoms with van der Waals surface area (Å²) in [6.07, 6.45) is 41.5. The maximum absolute atomic E-state index is 12.8. The van der Waals surface area contributed by atoms with Gasteiger partial charge < -0.3 is 100 Å². The van der Waals surface area contributed by atoms with Crippen molar-refractivity contribution in [1.82, 2.24) is 20.9 Å². The Kier molecular flexibility index (Phi) is 46.1. The van der Waals surface area contributed by atoms with Crippen LogP contribution in [0, 0.1) is 5.92 Å². The molecule has 0 spiro atoms. The van der Waals surface area contributed by atoms with Crippen LogP contribution in [-0.4, -0.2) is 182 Å². The van der Waals surface area contributed by atoms with Gasteiger partial charge in [-0.3, -0.25) is 19.2 Å². The average molecular weight is 2000 g/mol. The molecule has 13 rings (SSSR count). The highest BCUT2D eigenvalue weighted by Gasteiger charge is 2.30. The monoisotopic (exact) mass is 1990 g/mol. The molecule has 0 aliphatic carbocycles. The van der Waals surface area contributed by atoms with Crippen LogP contribution >= 0.6 is 23.2 Å². The number of carbonyl (C=O) groups excluding carboxylic acids is 8. The molecule has 0 radical (unpaired) electrons. The van der Waals surface area contributed by atoms with Crippen molar-refractivity contribution in [2.45, 2.75) is 142 Å². The molecule has 11 N–H and O–H groups in total. The first-order chi connectivity index (χ1) is 69.4. The molecule has 0 unspecified atom stereocenters. The summed E-state index contributed by atoms with van der Waals surface area (Å²) in [5, 5.41) is 106. The Balaban J connectivity index is 0.000000196. The first-order valence-corrected chi connectivity index (χ1v) is 47.7. The van der Waals surface area contributed by atoms with Crippen LogP contribution in [0.25, 0.3) is 0 Å². The van der Waals surface area contributed by atoms with E-state index in [1.165, 1.54) is 17.7 Å². The first kappa shape index (κ1) is 109. The molecule has 0 atom stereocenters. The number of nitrogens with zero attached hydrogens (tertiary/aromatic N) is 5. The van der Waals surface area contributed by atoms with E-state index in [9.17, 15) is 79.2 Å². The van der Waals surface area contributed by atoms with Crippen LogP contribution in [-0.2, 0) is 109 Å². The quantitative estimate of drug-likeness (QED) is 0.0146. The number of allylic oxidation sites excluding steroid dienone is 12. The summed E-state index contributed by atoms with van der Waals surface area (Å²) in [7, 11) is 0. The van der Waals surface area contributed by atoms with E-state index >= 15 is 0 Å². The maximum Gasteiger partial charge on any atom is 0.342 e. The third-order valence-electron chi connectivity index (χ3n) is 22.1. The zero-order valence-electron chi connectivity index (χ0n) is 79.1. The smallest absolute Gasteiger partial charge is 0.342 e. The summed E-state index contributed by atoms with van der Waals surface area (Å²) in [5.74, 6) is -6.33. The van der Waals surface area contributed by atoms with Gasteiger partial charge in [0.1, 0.15) is 68.2 Å². The van der Waals surface area contributed by atoms with Crippen LogP contribution in [0.15, 0.2) is 276 Å². The Bertz CT molecular complexity index is 5810. The fraction of sp³-hybridized carbons (Fsp3) is 0.303. The van der Waals surface area contributed by atoms with Crippen LogP contribution < -0.4 is 16.0 Å². The van der Waals surface area contributed by atoms with Crippen LogP contribution in [0.1, 0.15) is 176 Å². The number of cyclic esters (lactones) is 4. The second kappa shape index (κ2) is 60.3. The predicted octanol–water partition coefficient (Wildman–Crippen LogP) is 17.6. The van der Waals surface area contributed by atoms with Crippen LogP contribution in [0.3, 0.4) is 0 Å². The molecule has 5 aliphatic rings. The van der Waals surface area contributed by atoms with E-state index in [2.05, 4.69) is 60.8 Å². The number of phenols is 8. The number of hydrogen-bond donors (Lipinski definition) is 11. The third kappa shape index (κ3) is 38.4. The van der Waals surface area contributed by atoms with Crippen molar-refractivity contribution >= 4 is 93.6 Å². The fourth-order valence-electron chi connectivity index (χ4n) is 14.9. The summed E-state index contributed by atoms with van der Waals surface area (Å²) in [6, 6.07) is 45.8. The van der Waals surface area contributed by atoms with E-state index < -0.39 is 35.4 Å². The summed E-state index contributed by atoms with van der Waals surface area (Å²) >= 11 is 12.6. The van der Waals surface area contributed by atoms with Crippen molar-refractivity contribution in [3.8, 4) is 46.0 Å². The van der Waals surface area contributed by atoms with Gasteiger partial charge in [0.25, 0.3) is 23.6 Å². The van der Waals surface area contributed by atoms with Crippen LogP contribution in [0.5, 0.6) is 46.0 Å². The van der Waals surface area contributed by atoms with Crippen LogP contribution in [0.4, 0.5) is 0 Å². The molecular weight excluding hydrogens is 1880 g/mol. The average Bonchev–Trinajstić information content (AvgIpc) is 0.802. The molecule has 8 aromatic carbocycles. The lowest BCUT2D eigenvalue weighted by atomic mass is 9.90. The highest BCUT2D eigenvalue weighted by atomic mass is 35.5. The van der Waals surface area contributed by atoms with Gasteiger partial charge in [-0.1, -0.05) is 238 Å². The zero-order valence-corrected chi connectivity index (χ0v) is 80.6. The summed E-state index contributed by atoms with van der Waals surface area (Å²) in [6.45, 7) is 1.98. The molecule has 752 valence electrons. The van der Waals surface area contributed by atoms with Gasteiger partial charge in [-0.25, -0.2) is 19.2 Å². The lowest BCUT2D eigenvalue weighted by Gasteiger charge is -2.31. The molecule has 143 heavy (non-hydrogen) atoms. The molecule has 0 saturated carbocycles. The molecule has 4 amide bonds. The molecule has 8 aromatic rings. The zero-order chi connectivity index (χ0) is 102. The normalized spacial score (nSPS) is 18.2. The molecule has 0 aromatic heterocycles. The highest BCUT2D eigenvalue weighted by molar-refractivity contribution is 6.34. The number of phenolic OH excluding ortho intramolecular Hbond substituents is 8. The number of halogens is 2. The molecule has 0 bridgehead atoms. The minimum atomic E-state index is -0.769. The van der Waals surface area contributed by atoms with E-state index in [1.807, 2.05) is 175 Å². The number of nitrogens with one attached hydrogen (secondary N) is 3. The Morgan fingerprint density at radius 3 is 0.944 bits per heavy atom. The SMILES string of the molecule is O=C(CO/N=C1/C=C/CC/C=C/CCOC(=O)c2c(O)cc(O)c(Cl)c2C1)NCc1ccccc1.O=C(CO/N=C1/C=C/CC/C=C/CCOC(=O)c2c(O)cc(O)cc2C1)NCc1ccccc1.O=C(CO/N=C1\C=C\CC/C=C/CCOC(=O)c2c(O)cc(O)c(Cl)c2C1)NCc1ccccc1.O=C1OCC/C=C/CC/C=C/C(=N\OCC(=O)N2CCC(Cc3ccccc3)CC2)Cc2cc(O)cc(O)c21. The van der Waals surface area contributed by atoms with E-state index in [1.54, 1.807) is 24.3 Å². The summed E-state index contributed by atoms with van der Waals surface area (Å²) < 4.78 is 21.1. The predicted molar refractivity (Wildman–Crippen MR) is 541 cm³/mol. The second-order valence-corrected chi connectivity index (χ2v) is 33.9. The largest absolute Gasteiger partial charge is 0.508 e. The van der Waals surface area contributed by atoms with E-state index in [4.69, 9.17) is 61.5 Å². The fourth-order valence-corrected chi connectivity index (χ4v) is 15.3. The molecule has 34 heteroatoms. The first-order valence-electron chi connectivity index (χ1n) is 46.9. The summed E-state index contributed by atoms with van der Waals surface area (Å²) in [4.78, 5) is 123. The lowest BCUT2D eigenvalue weighted by Crippen LogP contribution is -2.40.